The number of rotatable bonds is 6. The van der Waals surface area contributed by atoms with Crippen molar-refractivity contribution in [2.75, 3.05) is 19.6 Å². The van der Waals surface area contributed by atoms with E-state index >= 15 is 0 Å². The molecule has 2 N–H and O–H groups in total. The Bertz CT molecular complexity index is 718. The summed E-state index contributed by atoms with van der Waals surface area (Å²) < 4.78 is 27.6. The second-order valence-electron chi connectivity index (χ2n) is 7.36. The Labute approximate surface area is 167 Å². The number of nitrogens with one attached hydrogen (secondary N) is 2. The van der Waals surface area contributed by atoms with Gasteiger partial charge in [-0.15, -0.1) is 11.3 Å². The molecule has 6 nitrogen and oxygen atoms in total. The fourth-order valence-corrected chi connectivity index (χ4v) is 6.68. The lowest BCUT2D eigenvalue weighted by Crippen LogP contribution is -2.44. The van der Waals surface area contributed by atoms with Crippen molar-refractivity contribution in [2.45, 2.75) is 75.1 Å². The van der Waals surface area contributed by atoms with E-state index in [9.17, 15) is 8.42 Å². The minimum absolute atomic E-state index is 0.444. The average molecular weight is 413 g/mol. The van der Waals surface area contributed by atoms with Crippen LogP contribution in [-0.2, 0) is 16.6 Å². The van der Waals surface area contributed by atoms with Crippen LogP contribution in [0.4, 0.5) is 0 Å². The van der Waals surface area contributed by atoms with Crippen LogP contribution in [0.15, 0.2) is 21.3 Å². The predicted molar refractivity (Wildman–Crippen MR) is 112 cm³/mol. The molecule has 3 rings (SSSR count). The van der Waals surface area contributed by atoms with Crippen molar-refractivity contribution in [3.05, 3.63) is 17.0 Å². The van der Waals surface area contributed by atoms with Crippen LogP contribution >= 0.6 is 11.3 Å². The number of aliphatic imine (C=N–C) groups is 1. The van der Waals surface area contributed by atoms with Crippen LogP contribution in [0.25, 0.3) is 0 Å². The monoisotopic (exact) mass is 412 g/mol. The number of hydrogen-bond donors (Lipinski definition) is 2. The molecular formula is C19H32N4O2S2. The molecule has 2 aliphatic rings. The summed E-state index contributed by atoms with van der Waals surface area (Å²) in [6.45, 7) is 4.67. The van der Waals surface area contributed by atoms with Gasteiger partial charge in [-0.3, -0.25) is 0 Å². The van der Waals surface area contributed by atoms with Crippen LogP contribution in [0.5, 0.6) is 0 Å². The molecule has 27 heavy (non-hydrogen) atoms. The van der Waals surface area contributed by atoms with E-state index in [0.717, 1.165) is 36.6 Å². The maximum atomic E-state index is 12.8. The topological polar surface area (TPSA) is 73.8 Å². The summed E-state index contributed by atoms with van der Waals surface area (Å²) in [4.78, 5) is 5.66. The van der Waals surface area contributed by atoms with Gasteiger partial charge >= 0.3 is 0 Å². The third-order valence-electron chi connectivity index (χ3n) is 5.23. The molecule has 2 fully saturated rings. The highest BCUT2D eigenvalue weighted by molar-refractivity contribution is 7.91. The normalized spacial score (nSPS) is 20.6. The summed E-state index contributed by atoms with van der Waals surface area (Å²) in [5.41, 5.74) is 0. The number of piperidine rings is 1. The van der Waals surface area contributed by atoms with Crippen LogP contribution in [0, 0.1) is 0 Å². The number of guanidine groups is 1. The van der Waals surface area contributed by atoms with Crippen LogP contribution < -0.4 is 10.6 Å². The van der Waals surface area contributed by atoms with E-state index < -0.39 is 10.0 Å². The Morgan fingerprint density at radius 3 is 2.56 bits per heavy atom. The van der Waals surface area contributed by atoms with Crippen molar-refractivity contribution in [1.82, 2.24) is 14.9 Å². The van der Waals surface area contributed by atoms with Gasteiger partial charge in [0, 0.05) is 30.6 Å². The molecule has 0 amide bonds. The molecule has 0 unspecified atom stereocenters. The Kier molecular flexibility index (Phi) is 7.55. The van der Waals surface area contributed by atoms with Crippen molar-refractivity contribution in [1.29, 1.82) is 0 Å². The van der Waals surface area contributed by atoms with Gasteiger partial charge < -0.3 is 10.6 Å². The molecule has 0 bridgehead atoms. The van der Waals surface area contributed by atoms with Crippen LogP contribution in [0.2, 0.25) is 0 Å². The van der Waals surface area contributed by atoms with Gasteiger partial charge in [-0.05, 0) is 44.7 Å². The first-order valence-electron chi connectivity index (χ1n) is 10.2. The molecule has 1 aliphatic heterocycles. The molecule has 2 heterocycles. The molecule has 8 heteroatoms. The summed E-state index contributed by atoms with van der Waals surface area (Å²) >= 11 is 1.35. The highest BCUT2D eigenvalue weighted by Gasteiger charge is 2.27. The Hall–Kier alpha value is -1.12. The second kappa shape index (κ2) is 9.89. The van der Waals surface area contributed by atoms with Gasteiger partial charge in [0.15, 0.2) is 5.96 Å². The summed E-state index contributed by atoms with van der Waals surface area (Å²) in [6, 6.07) is 4.13. The van der Waals surface area contributed by atoms with Crippen LogP contribution in [0.1, 0.15) is 63.2 Å². The Morgan fingerprint density at radius 1 is 1.15 bits per heavy atom. The minimum Gasteiger partial charge on any atom is -0.357 e. The fraction of sp³-hybridized carbons (Fsp3) is 0.737. The van der Waals surface area contributed by atoms with Gasteiger partial charge in [0.1, 0.15) is 4.21 Å². The van der Waals surface area contributed by atoms with Gasteiger partial charge in [-0.2, -0.15) is 4.31 Å². The van der Waals surface area contributed by atoms with E-state index in [4.69, 9.17) is 0 Å². The number of sulfonamides is 1. The Morgan fingerprint density at radius 2 is 1.85 bits per heavy atom. The lowest BCUT2D eigenvalue weighted by atomic mass is 9.96. The van der Waals surface area contributed by atoms with Crippen molar-refractivity contribution >= 4 is 27.3 Å². The van der Waals surface area contributed by atoms with Crippen molar-refractivity contribution < 1.29 is 8.42 Å². The first-order chi connectivity index (χ1) is 13.1. The standard InChI is InChI=1S/C19H32N4O2S2/c1-2-20-19(22-16-9-5-3-6-10-16)21-15-17-11-12-18(26-17)27(24,25)23-13-7-4-8-14-23/h11-12,16H,2-10,13-15H2,1H3,(H2,20,21,22). The lowest BCUT2D eigenvalue weighted by Gasteiger charge is -2.25. The average Bonchev–Trinajstić information content (AvgIpc) is 3.18. The van der Waals surface area contributed by atoms with Crippen molar-refractivity contribution in [2.24, 2.45) is 4.99 Å². The third kappa shape index (κ3) is 5.68. The molecule has 1 saturated carbocycles. The third-order valence-corrected chi connectivity index (χ3v) is 8.67. The van der Waals surface area contributed by atoms with E-state index in [1.54, 1.807) is 10.4 Å². The molecule has 0 aromatic carbocycles. The number of nitrogens with zero attached hydrogens (tertiary/aromatic N) is 2. The van der Waals surface area contributed by atoms with Gasteiger partial charge in [0.2, 0.25) is 0 Å². The molecule has 0 radical (unpaired) electrons. The predicted octanol–water partition coefficient (Wildman–Crippen LogP) is 3.31. The van der Waals surface area contributed by atoms with E-state index in [-0.39, 0.29) is 0 Å². The number of hydrogen-bond acceptors (Lipinski definition) is 4. The van der Waals surface area contributed by atoms with Gasteiger partial charge in [-0.25, -0.2) is 13.4 Å². The smallest absolute Gasteiger partial charge is 0.252 e. The van der Waals surface area contributed by atoms with Gasteiger partial charge in [0.25, 0.3) is 10.0 Å². The largest absolute Gasteiger partial charge is 0.357 e. The molecule has 1 aromatic rings. The SMILES string of the molecule is CCNC(=NCc1ccc(S(=O)(=O)N2CCCCC2)s1)NC1CCCCC1. The van der Waals surface area contributed by atoms with Crippen molar-refractivity contribution in [3.8, 4) is 0 Å². The first kappa shape index (κ1) is 20.6. The molecule has 1 saturated heterocycles. The molecular weight excluding hydrogens is 380 g/mol. The highest BCUT2D eigenvalue weighted by Crippen LogP contribution is 2.27. The quantitative estimate of drug-likeness (QED) is 0.555. The molecule has 1 aromatic heterocycles. The van der Waals surface area contributed by atoms with E-state index in [0.29, 0.717) is 29.9 Å². The maximum Gasteiger partial charge on any atom is 0.252 e. The van der Waals surface area contributed by atoms with Gasteiger partial charge in [-0.1, -0.05) is 25.7 Å². The molecule has 1 aliphatic carbocycles. The zero-order valence-corrected chi connectivity index (χ0v) is 17.9. The summed E-state index contributed by atoms with van der Waals surface area (Å²) in [5.74, 6) is 0.832. The zero-order chi connectivity index (χ0) is 19.1. The summed E-state index contributed by atoms with van der Waals surface area (Å²) in [5, 5.41) is 6.84. The van der Waals surface area contributed by atoms with Crippen molar-refractivity contribution in [3.63, 3.8) is 0 Å². The van der Waals surface area contributed by atoms with E-state index in [1.807, 2.05) is 6.07 Å². The van der Waals surface area contributed by atoms with E-state index in [2.05, 4.69) is 22.5 Å². The molecule has 0 spiro atoms. The number of thiophene rings is 1. The highest BCUT2D eigenvalue weighted by atomic mass is 32.2. The summed E-state index contributed by atoms with van der Waals surface area (Å²) in [7, 11) is -3.34. The second-order valence-corrected chi connectivity index (χ2v) is 10.7. The minimum atomic E-state index is -3.34. The first-order valence-corrected chi connectivity index (χ1v) is 12.5. The summed E-state index contributed by atoms with van der Waals surface area (Å²) in [6.07, 6.45) is 9.32. The fourth-order valence-electron chi connectivity index (χ4n) is 3.73. The Balaban J connectivity index is 1.63. The zero-order valence-electron chi connectivity index (χ0n) is 16.2. The molecule has 152 valence electrons. The van der Waals surface area contributed by atoms with Gasteiger partial charge in [0.05, 0.1) is 6.54 Å². The van der Waals surface area contributed by atoms with Crippen LogP contribution in [-0.4, -0.2) is 44.4 Å². The lowest BCUT2D eigenvalue weighted by molar-refractivity contribution is 0.347. The maximum absolute atomic E-state index is 12.8. The molecule has 0 atom stereocenters. The van der Waals surface area contributed by atoms with E-state index in [1.165, 1.54) is 43.4 Å². The van der Waals surface area contributed by atoms with Crippen LogP contribution in [0.3, 0.4) is 0 Å².